The van der Waals surface area contributed by atoms with Gasteiger partial charge in [-0.2, -0.15) is 0 Å². The number of rotatable bonds is 5. The van der Waals surface area contributed by atoms with Crippen LogP contribution >= 0.6 is 0 Å². The lowest BCUT2D eigenvalue weighted by molar-refractivity contribution is 0.0599. The maximum atomic E-state index is 11.4. The number of carbonyl (C=O) groups excluding carboxylic acids is 1. The van der Waals surface area contributed by atoms with E-state index in [-0.39, 0.29) is 0 Å². The highest BCUT2D eigenvalue weighted by Gasteiger charge is 2.24. The minimum Gasteiger partial charge on any atom is -0.465 e. The van der Waals surface area contributed by atoms with Crippen molar-refractivity contribution in [3.63, 3.8) is 0 Å². The van der Waals surface area contributed by atoms with Crippen molar-refractivity contribution in [2.45, 2.75) is 45.9 Å². The minimum atomic E-state index is -0.492. The molecule has 1 rings (SSSR count). The van der Waals surface area contributed by atoms with Crippen LogP contribution in [0.5, 0.6) is 0 Å². The number of hydrogen-bond donors (Lipinski definition) is 2. The second kappa shape index (κ2) is 5.54. The molecule has 1 aromatic rings. The fourth-order valence-corrected chi connectivity index (χ4v) is 1.41. The molecule has 5 heteroatoms. The van der Waals surface area contributed by atoms with Crippen LogP contribution in [0, 0.1) is 6.92 Å². The van der Waals surface area contributed by atoms with Gasteiger partial charge in [-0.05, 0) is 33.8 Å². The molecule has 0 saturated carbocycles. The molecule has 0 saturated heterocycles. The quantitative estimate of drug-likeness (QED) is 0.782. The number of ether oxygens (including phenoxy) is 1. The monoisotopic (exact) mass is 255 g/mol. The third kappa shape index (κ3) is 3.34. The molecule has 1 atom stereocenters. The summed E-state index contributed by atoms with van der Waals surface area (Å²) >= 11 is 0. The van der Waals surface area contributed by atoms with Crippen LogP contribution in [0.1, 0.15) is 42.6 Å². The van der Waals surface area contributed by atoms with Crippen molar-refractivity contribution >= 4 is 5.97 Å². The first-order chi connectivity index (χ1) is 8.27. The van der Waals surface area contributed by atoms with Gasteiger partial charge in [0.25, 0.3) is 0 Å². The van der Waals surface area contributed by atoms with E-state index in [1.807, 2.05) is 13.8 Å². The summed E-state index contributed by atoms with van der Waals surface area (Å²) in [5.41, 5.74) is 0.00992. The summed E-state index contributed by atoms with van der Waals surface area (Å²) in [5, 5.41) is 12.8. The van der Waals surface area contributed by atoms with Gasteiger partial charge in [0.1, 0.15) is 17.1 Å². The molecule has 18 heavy (non-hydrogen) atoms. The maximum Gasteiger partial charge on any atom is 0.341 e. The fraction of sp³-hybridized carbons (Fsp3) is 0.615. The highest BCUT2D eigenvalue weighted by atomic mass is 16.5. The van der Waals surface area contributed by atoms with Gasteiger partial charge in [0.2, 0.25) is 0 Å². The van der Waals surface area contributed by atoms with Crippen LogP contribution in [0.2, 0.25) is 0 Å². The van der Waals surface area contributed by atoms with Crippen LogP contribution in [-0.2, 0) is 11.3 Å². The lowest BCUT2D eigenvalue weighted by atomic mass is 9.99. The van der Waals surface area contributed by atoms with Crippen LogP contribution in [0.4, 0.5) is 0 Å². The molecular weight excluding hydrogens is 234 g/mol. The molecule has 2 N–H and O–H groups in total. The Kier molecular flexibility index (Phi) is 4.53. The number of aliphatic hydroxyl groups is 1. The average Bonchev–Trinajstić information content (AvgIpc) is 2.67. The zero-order chi connectivity index (χ0) is 13.9. The first kappa shape index (κ1) is 14.7. The van der Waals surface area contributed by atoms with Crippen LogP contribution in [-0.4, -0.2) is 29.8 Å². The van der Waals surface area contributed by atoms with Gasteiger partial charge in [0, 0.05) is 5.54 Å². The predicted molar refractivity (Wildman–Crippen MR) is 67.4 cm³/mol. The number of furan rings is 1. The molecule has 1 aromatic heterocycles. The van der Waals surface area contributed by atoms with Crippen molar-refractivity contribution in [1.29, 1.82) is 0 Å². The van der Waals surface area contributed by atoms with E-state index in [0.717, 1.165) is 0 Å². The number of nitrogens with one attached hydrogen (secondary N) is 1. The summed E-state index contributed by atoms with van der Waals surface area (Å²) in [6.45, 7) is 7.68. The molecule has 0 spiro atoms. The Morgan fingerprint density at radius 2 is 2.22 bits per heavy atom. The number of esters is 1. The Labute approximate surface area is 107 Å². The number of carbonyl (C=O) groups is 1. The Bertz CT molecular complexity index is 421. The van der Waals surface area contributed by atoms with E-state index in [2.05, 4.69) is 10.1 Å². The number of aliphatic hydroxyl groups excluding tert-OH is 1. The zero-order valence-corrected chi connectivity index (χ0v) is 11.5. The van der Waals surface area contributed by atoms with Crippen LogP contribution < -0.4 is 5.32 Å². The lowest BCUT2D eigenvalue weighted by Gasteiger charge is -2.29. The molecular formula is C13H21NO4. The molecule has 5 nitrogen and oxygen atoms in total. The smallest absolute Gasteiger partial charge is 0.341 e. The predicted octanol–water partition coefficient (Wildman–Crippen LogP) is 1.62. The molecule has 0 bridgehead atoms. The van der Waals surface area contributed by atoms with E-state index in [0.29, 0.717) is 23.6 Å². The number of methoxy groups -OCH3 is 1. The van der Waals surface area contributed by atoms with Gasteiger partial charge in [0.05, 0.1) is 19.8 Å². The lowest BCUT2D eigenvalue weighted by Crippen LogP contribution is -2.47. The molecule has 102 valence electrons. The SMILES string of the molecule is COC(=O)c1cc(CNC(C)(C)C(C)O)oc1C. The van der Waals surface area contributed by atoms with E-state index in [1.165, 1.54) is 7.11 Å². The van der Waals surface area contributed by atoms with Crippen molar-refractivity contribution in [1.82, 2.24) is 5.32 Å². The van der Waals surface area contributed by atoms with E-state index < -0.39 is 17.6 Å². The molecule has 1 heterocycles. The topological polar surface area (TPSA) is 71.7 Å². The zero-order valence-electron chi connectivity index (χ0n) is 11.5. The first-order valence-electron chi connectivity index (χ1n) is 5.88. The van der Waals surface area contributed by atoms with Crippen molar-refractivity contribution in [3.8, 4) is 0 Å². The molecule has 0 aliphatic rings. The summed E-state index contributed by atoms with van der Waals surface area (Å²) in [5.74, 6) is 0.771. The Balaban J connectivity index is 2.73. The van der Waals surface area contributed by atoms with Crippen LogP contribution in [0.15, 0.2) is 10.5 Å². The summed E-state index contributed by atoms with van der Waals surface area (Å²) < 4.78 is 10.1. The Morgan fingerprint density at radius 3 is 2.72 bits per heavy atom. The maximum absolute atomic E-state index is 11.4. The summed E-state index contributed by atoms with van der Waals surface area (Å²) in [6, 6.07) is 1.66. The second-order valence-corrected chi connectivity index (χ2v) is 4.93. The highest BCUT2D eigenvalue weighted by Crippen LogP contribution is 2.17. The number of aryl methyl sites for hydroxylation is 1. The van der Waals surface area contributed by atoms with E-state index >= 15 is 0 Å². The van der Waals surface area contributed by atoms with Crippen LogP contribution in [0.3, 0.4) is 0 Å². The Hall–Kier alpha value is -1.33. The van der Waals surface area contributed by atoms with Gasteiger partial charge < -0.3 is 19.6 Å². The third-order valence-electron chi connectivity index (χ3n) is 3.14. The minimum absolute atomic E-state index is 0.405. The van der Waals surface area contributed by atoms with E-state index in [1.54, 1.807) is 19.9 Å². The van der Waals surface area contributed by atoms with Gasteiger partial charge >= 0.3 is 5.97 Å². The van der Waals surface area contributed by atoms with Gasteiger partial charge in [0.15, 0.2) is 0 Å². The molecule has 1 unspecified atom stereocenters. The molecule has 0 radical (unpaired) electrons. The van der Waals surface area contributed by atoms with Crippen molar-refractivity contribution in [3.05, 3.63) is 23.2 Å². The summed E-state index contributed by atoms with van der Waals surface area (Å²) in [6.07, 6.45) is -0.492. The Morgan fingerprint density at radius 1 is 1.61 bits per heavy atom. The van der Waals surface area contributed by atoms with Crippen molar-refractivity contribution < 1.29 is 19.1 Å². The van der Waals surface area contributed by atoms with E-state index in [9.17, 15) is 9.90 Å². The molecule has 0 aromatic carbocycles. The van der Waals surface area contributed by atoms with E-state index in [4.69, 9.17) is 4.42 Å². The molecule has 0 aliphatic carbocycles. The third-order valence-corrected chi connectivity index (χ3v) is 3.14. The van der Waals surface area contributed by atoms with Gasteiger partial charge in [-0.1, -0.05) is 0 Å². The first-order valence-corrected chi connectivity index (χ1v) is 5.88. The average molecular weight is 255 g/mol. The summed E-state index contributed by atoms with van der Waals surface area (Å²) in [4.78, 5) is 11.4. The van der Waals surface area contributed by atoms with Crippen LogP contribution in [0.25, 0.3) is 0 Å². The fourth-order valence-electron chi connectivity index (χ4n) is 1.41. The van der Waals surface area contributed by atoms with Crippen molar-refractivity contribution in [2.75, 3.05) is 7.11 Å². The second-order valence-electron chi connectivity index (χ2n) is 4.93. The standard InChI is InChI=1S/C13H21NO4/c1-8-11(12(16)17-5)6-10(18-8)7-14-13(3,4)9(2)15/h6,9,14-15H,7H2,1-5H3. The van der Waals surface area contributed by atoms with Crippen molar-refractivity contribution in [2.24, 2.45) is 0 Å². The normalized spacial score (nSPS) is 13.4. The van der Waals surface area contributed by atoms with Gasteiger partial charge in [-0.25, -0.2) is 4.79 Å². The summed E-state index contributed by atoms with van der Waals surface area (Å²) in [7, 11) is 1.34. The van der Waals surface area contributed by atoms with Gasteiger partial charge in [-0.3, -0.25) is 0 Å². The highest BCUT2D eigenvalue weighted by molar-refractivity contribution is 5.90. The molecule has 0 fully saturated rings. The molecule has 0 amide bonds. The largest absolute Gasteiger partial charge is 0.465 e. The molecule has 0 aliphatic heterocycles. The van der Waals surface area contributed by atoms with Gasteiger partial charge in [-0.15, -0.1) is 0 Å². The number of hydrogen-bond acceptors (Lipinski definition) is 5.